The standard InChI is InChI=1S/C12H22N2O6S/c1-12(2,3)20-11(18)14-7(5-15)9(16)13-8(6-21)10(17)19-4/h7-8,15,21H,5-6H2,1-4H3,(H,13,16)(H,14,18)/t7-,8+/m1/s1. The van der Waals surface area contributed by atoms with Crippen LogP contribution in [0.5, 0.6) is 0 Å². The van der Waals surface area contributed by atoms with Crippen LogP contribution in [-0.2, 0) is 19.1 Å². The van der Waals surface area contributed by atoms with E-state index < -0.39 is 42.3 Å². The fourth-order valence-corrected chi connectivity index (χ4v) is 1.48. The monoisotopic (exact) mass is 322 g/mol. The first-order valence-electron chi connectivity index (χ1n) is 6.24. The van der Waals surface area contributed by atoms with E-state index in [1.165, 1.54) is 7.11 Å². The van der Waals surface area contributed by atoms with Crippen LogP contribution >= 0.6 is 12.6 Å². The maximum atomic E-state index is 11.9. The van der Waals surface area contributed by atoms with Crippen LogP contribution in [-0.4, -0.2) is 60.2 Å². The minimum absolute atomic E-state index is 0.0169. The van der Waals surface area contributed by atoms with Crippen molar-refractivity contribution in [3.8, 4) is 0 Å². The molecule has 122 valence electrons. The first-order valence-corrected chi connectivity index (χ1v) is 6.87. The third-order valence-corrected chi connectivity index (χ3v) is 2.54. The van der Waals surface area contributed by atoms with Gasteiger partial charge < -0.3 is 25.2 Å². The number of esters is 1. The first kappa shape index (κ1) is 19.5. The van der Waals surface area contributed by atoms with E-state index in [0.29, 0.717) is 0 Å². The van der Waals surface area contributed by atoms with Gasteiger partial charge in [-0.1, -0.05) is 0 Å². The molecule has 2 amide bonds. The quantitative estimate of drug-likeness (QED) is 0.386. The molecule has 21 heavy (non-hydrogen) atoms. The summed E-state index contributed by atoms with van der Waals surface area (Å²) in [5, 5.41) is 13.7. The normalized spacial score (nSPS) is 13.8. The van der Waals surface area contributed by atoms with Gasteiger partial charge >= 0.3 is 12.1 Å². The zero-order valence-corrected chi connectivity index (χ0v) is 13.4. The minimum Gasteiger partial charge on any atom is -0.467 e. The van der Waals surface area contributed by atoms with Gasteiger partial charge in [-0.25, -0.2) is 9.59 Å². The summed E-state index contributed by atoms with van der Waals surface area (Å²) in [5.41, 5.74) is -0.736. The average molecular weight is 322 g/mol. The Morgan fingerprint density at radius 3 is 2.14 bits per heavy atom. The molecule has 0 unspecified atom stereocenters. The lowest BCUT2D eigenvalue weighted by Gasteiger charge is -2.23. The average Bonchev–Trinajstić information content (AvgIpc) is 2.38. The first-order chi connectivity index (χ1) is 9.64. The summed E-state index contributed by atoms with van der Waals surface area (Å²) in [6.07, 6.45) is -0.850. The smallest absolute Gasteiger partial charge is 0.408 e. The fraction of sp³-hybridized carbons (Fsp3) is 0.750. The molecule has 0 saturated heterocycles. The number of carbonyl (C=O) groups excluding carboxylic acids is 3. The van der Waals surface area contributed by atoms with Crippen molar-refractivity contribution in [2.75, 3.05) is 19.5 Å². The molecule has 0 bridgehead atoms. The Kier molecular flexibility index (Phi) is 8.11. The lowest BCUT2D eigenvalue weighted by atomic mass is 10.2. The van der Waals surface area contributed by atoms with E-state index >= 15 is 0 Å². The van der Waals surface area contributed by atoms with Crippen LogP contribution in [0.25, 0.3) is 0 Å². The van der Waals surface area contributed by atoms with Crippen molar-refractivity contribution >= 4 is 30.6 Å². The summed E-state index contributed by atoms with van der Waals surface area (Å²) < 4.78 is 9.46. The SMILES string of the molecule is COC(=O)[C@H](CS)NC(=O)[C@@H](CO)NC(=O)OC(C)(C)C. The maximum Gasteiger partial charge on any atom is 0.408 e. The number of aliphatic hydroxyl groups is 1. The summed E-state index contributed by atoms with van der Waals surface area (Å²) in [6, 6.07) is -2.22. The van der Waals surface area contributed by atoms with E-state index in [1.807, 2.05) is 0 Å². The van der Waals surface area contributed by atoms with Gasteiger partial charge in [0.05, 0.1) is 13.7 Å². The number of carbonyl (C=O) groups is 3. The molecule has 0 aliphatic heterocycles. The van der Waals surface area contributed by atoms with Crippen molar-refractivity contribution in [3.63, 3.8) is 0 Å². The van der Waals surface area contributed by atoms with Crippen LogP contribution in [0, 0.1) is 0 Å². The Balaban J connectivity index is 4.62. The highest BCUT2D eigenvalue weighted by Crippen LogP contribution is 2.06. The number of hydrogen-bond donors (Lipinski definition) is 4. The molecule has 0 aliphatic rings. The second-order valence-electron chi connectivity index (χ2n) is 5.15. The number of thiol groups is 1. The Morgan fingerprint density at radius 2 is 1.76 bits per heavy atom. The summed E-state index contributed by atoms with van der Waals surface area (Å²) in [4.78, 5) is 34.8. The minimum atomic E-state index is -1.24. The summed E-state index contributed by atoms with van der Waals surface area (Å²) in [5.74, 6) is -1.40. The van der Waals surface area contributed by atoms with Crippen LogP contribution in [0.4, 0.5) is 4.79 Å². The molecule has 0 radical (unpaired) electrons. The zero-order valence-electron chi connectivity index (χ0n) is 12.5. The van der Waals surface area contributed by atoms with Gasteiger partial charge in [0.15, 0.2) is 0 Å². The molecular weight excluding hydrogens is 300 g/mol. The Bertz CT molecular complexity index is 382. The fourth-order valence-electron chi connectivity index (χ4n) is 1.24. The number of methoxy groups -OCH3 is 1. The van der Waals surface area contributed by atoms with Gasteiger partial charge in [-0.3, -0.25) is 4.79 Å². The van der Waals surface area contributed by atoms with Gasteiger partial charge in [0.1, 0.15) is 17.7 Å². The largest absolute Gasteiger partial charge is 0.467 e. The van der Waals surface area contributed by atoms with Crippen molar-refractivity contribution in [2.45, 2.75) is 38.5 Å². The highest BCUT2D eigenvalue weighted by molar-refractivity contribution is 7.80. The van der Waals surface area contributed by atoms with Crippen molar-refractivity contribution in [2.24, 2.45) is 0 Å². The summed E-state index contributed by atoms with van der Waals surface area (Å²) >= 11 is 3.92. The Morgan fingerprint density at radius 1 is 1.19 bits per heavy atom. The lowest BCUT2D eigenvalue weighted by molar-refractivity contribution is -0.144. The third kappa shape index (κ3) is 7.76. The number of alkyl carbamates (subject to hydrolysis) is 1. The molecule has 0 spiro atoms. The molecule has 0 heterocycles. The van der Waals surface area contributed by atoms with E-state index in [9.17, 15) is 14.4 Å². The molecule has 0 aliphatic carbocycles. The maximum absolute atomic E-state index is 11.9. The molecule has 0 fully saturated rings. The predicted octanol–water partition coefficient (Wildman–Crippen LogP) is -0.540. The van der Waals surface area contributed by atoms with Crippen LogP contribution < -0.4 is 10.6 Å². The van der Waals surface area contributed by atoms with E-state index in [0.717, 1.165) is 0 Å². The highest BCUT2D eigenvalue weighted by atomic mass is 32.1. The number of aliphatic hydroxyl groups excluding tert-OH is 1. The number of rotatable bonds is 6. The molecule has 0 saturated carbocycles. The van der Waals surface area contributed by atoms with Crippen LogP contribution in [0.3, 0.4) is 0 Å². The van der Waals surface area contributed by atoms with Gasteiger partial charge in [-0.05, 0) is 20.8 Å². The molecular formula is C12H22N2O6S. The molecule has 0 rings (SSSR count). The van der Waals surface area contributed by atoms with Crippen molar-refractivity contribution in [1.82, 2.24) is 10.6 Å². The second kappa shape index (κ2) is 8.73. The highest BCUT2D eigenvalue weighted by Gasteiger charge is 2.27. The number of ether oxygens (including phenoxy) is 2. The van der Waals surface area contributed by atoms with Crippen LogP contribution in [0.15, 0.2) is 0 Å². The van der Waals surface area contributed by atoms with Crippen molar-refractivity contribution < 1.29 is 29.0 Å². The molecule has 3 N–H and O–H groups in total. The molecule has 2 atom stereocenters. The van der Waals surface area contributed by atoms with Crippen molar-refractivity contribution in [3.05, 3.63) is 0 Å². The summed E-state index contributed by atoms with van der Waals surface area (Å²) in [6.45, 7) is 4.34. The number of hydrogen-bond acceptors (Lipinski definition) is 7. The van der Waals surface area contributed by atoms with Crippen LogP contribution in [0.1, 0.15) is 20.8 Å². The van der Waals surface area contributed by atoms with Crippen molar-refractivity contribution in [1.29, 1.82) is 0 Å². The Labute approximate surface area is 129 Å². The van der Waals surface area contributed by atoms with E-state index in [2.05, 4.69) is 28.0 Å². The molecule has 9 heteroatoms. The number of nitrogens with one attached hydrogen (secondary N) is 2. The number of amides is 2. The topological polar surface area (TPSA) is 114 Å². The summed E-state index contributed by atoms with van der Waals surface area (Å²) in [7, 11) is 1.17. The van der Waals surface area contributed by atoms with Gasteiger partial charge in [-0.2, -0.15) is 12.6 Å². The predicted molar refractivity (Wildman–Crippen MR) is 78.0 cm³/mol. The van der Waals surface area contributed by atoms with E-state index in [-0.39, 0.29) is 5.75 Å². The zero-order chi connectivity index (χ0) is 16.6. The molecule has 0 aromatic carbocycles. The third-order valence-electron chi connectivity index (χ3n) is 2.17. The van der Waals surface area contributed by atoms with E-state index in [4.69, 9.17) is 9.84 Å². The molecule has 0 aromatic heterocycles. The molecule has 0 aromatic rings. The van der Waals surface area contributed by atoms with Gasteiger partial charge in [0.2, 0.25) is 5.91 Å². The molecule has 8 nitrogen and oxygen atoms in total. The van der Waals surface area contributed by atoms with Gasteiger partial charge in [-0.15, -0.1) is 0 Å². The Hall–Kier alpha value is -1.48. The van der Waals surface area contributed by atoms with E-state index in [1.54, 1.807) is 20.8 Å². The van der Waals surface area contributed by atoms with Gasteiger partial charge in [0.25, 0.3) is 0 Å². The lowest BCUT2D eigenvalue weighted by Crippen LogP contribution is -2.54. The van der Waals surface area contributed by atoms with Gasteiger partial charge in [0, 0.05) is 5.75 Å². The second-order valence-corrected chi connectivity index (χ2v) is 5.51. The van der Waals surface area contributed by atoms with Crippen LogP contribution in [0.2, 0.25) is 0 Å².